The van der Waals surface area contributed by atoms with Crippen molar-refractivity contribution >= 4 is 0 Å². The second kappa shape index (κ2) is 2.75. The maximum Gasteiger partial charge on any atom is 0.213 e. The molecule has 0 bridgehead atoms. The van der Waals surface area contributed by atoms with E-state index in [-0.39, 0.29) is 0 Å². The molecule has 0 aromatic carbocycles. The van der Waals surface area contributed by atoms with Gasteiger partial charge >= 0.3 is 0 Å². The van der Waals surface area contributed by atoms with Gasteiger partial charge in [0.15, 0.2) is 0 Å². The average molecular weight is 164 g/mol. The van der Waals surface area contributed by atoms with E-state index in [4.69, 9.17) is 10.5 Å². The summed E-state index contributed by atoms with van der Waals surface area (Å²) in [4.78, 5) is 4.30. The maximum absolute atomic E-state index is 5.71. The summed E-state index contributed by atoms with van der Waals surface area (Å²) in [5.74, 6) is 1.13. The second-order valence-corrected chi connectivity index (χ2v) is 3.11. The Morgan fingerprint density at radius 2 is 2.33 bits per heavy atom. The van der Waals surface area contributed by atoms with Gasteiger partial charge in [-0.1, -0.05) is 6.07 Å². The monoisotopic (exact) mass is 164 g/mol. The standard InChI is InChI=1S/C9H12N2O/c1-12-9-4-2-3-8(11-9)6-5-7(6)10/h2-4,6-7H,5,10H2,1H3. The Morgan fingerprint density at radius 3 is 2.92 bits per heavy atom. The molecule has 0 saturated heterocycles. The Labute approximate surface area is 71.6 Å². The fraction of sp³-hybridized carbons (Fsp3) is 0.444. The number of hydrogen-bond donors (Lipinski definition) is 1. The van der Waals surface area contributed by atoms with E-state index in [9.17, 15) is 0 Å². The number of ether oxygens (including phenoxy) is 1. The summed E-state index contributed by atoms with van der Waals surface area (Å²) in [6, 6.07) is 6.11. The van der Waals surface area contributed by atoms with Gasteiger partial charge in [-0.05, 0) is 12.5 Å². The molecule has 0 amide bonds. The lowest BCUT2D eigenvalue weighted by molar-refractivity contribution is 0.396. The zero-order valence-corrected chi connectivity index (χ0v) is 7.03. The molecule has 1 saturated carbocycles. The number of hydrogen-bond acceptors (Lipinski definition) is 3. The average Bonchev–Trinajstić information content (AvgIpc) is 2.83. The smallest absolute Gasteiger partial charge is 0.213 e. The minimum atomic E-state index is 0.310. The zero-order chi connectivity index (χ0) is 8.55. The quantitative estimate of drug-likeness (QED) is 0.706. The Kier molecular flexibility index (Phi) is 1.73. The van der Waals surface area contributed by atoms with Crippen LogP contribution in [0.2, 0.25) is 0 Å². The topological polar surface area (TPSA) is 48.1 Å². The fourth-order valence-electron chi connectivity index (χ4n) is 1.31. The molecule has 0 aliphatic heterocycles. The van der Waals surface area contributed by atoms with Crippen LogP contribution in [0.1, 0.15) is 18.0 Å². The van der Waals surface area contributed by atoms with Gasteiger partial charge in [-0.15, -0.1) is 0 Å². The number of nitrogens with zero attached hydrogens (tertiary/aromatic N) is 1. The highest BCUT2D eigenvalue weighted by atomic mass is 16.5. The minimum absolute atomic E-state index is 0.310. The van der Waals surface area contributed by atoms with Crippen LogP contribution in [0.4, 0.5) is 0 Å². The third-order valence-corrected chi connectivity index (χ3v) is 2.17. The molecule has 3 nitrogen and oxygen atoms in total. The van der Waals surface area contributed by atoms with Crippen molar-refractivity contribution in [3.63, 3.8) is 0 Å². The van der Waals surface area contributed by atoms with E-state index in [1.54, 1.807) is 7.11 Å². The van der Waals surface area contributed by atoms with Gasteiger partial charge < -0.3 is 10.5 Å². The van der Waals surface area contributed by atoms with E-state index in [0.29, 0.717) is 17.8 Å². The Balaban J connectivity index is 2.21. The van der Waals surface area contributed by atoms with Gasteiger partial charge in [0.1, 0.15) is 0 Å². The molecule has 1 aromatic rings. The third kappa shape index (κ3) is 1.28. The number of aromatic nitrogens is 1. The molecule has 3 heteroatoms. The molecule has 1 fully saturated rings. The second-order valence-electron chi connectivity index (χ2n) is 3.11. The van der Waals surface area contributed by atoms with Gasteiger partial charge in [-0.2, -0.15) is 0 Å². The van der Waals surface area contributed by atoms with Gasteiger partial charge in [0.25, 0.3) is 0 Å². The molecule has 64 valence electrons. The predicted octanol–water partition coefficient (Wildman–Crippen LogP) is 0.905. The van der Waals surface area contributed by atoms with Crippen molar-refractivity contribution in [1.29, 1.82) is 0 Å². The van der Waals surface area contributed by atoms with Gasteiger partial charge in [0.2, 0.25) is 5.88 Å². The molecule has 2 atom stereocenters. The summed E-state index contributed by atoms with van der Waals surface area (Å²) in [6.07, 6.45) is 1.06. The van der Waals surface area contributed by atoms with Crippen LogP contribution < -0.4 is 10.5 Å². The first-order chi connectivity index (χ1) is 5.81. The number of methoxy groups -OCH3 is 1. The van der Waals surface area contributed by atoms with Crippen LogP contribution >= 0.6 is 0 Å². The maximum atomic E-state index is 5.71. The highest BCUT2D eigenvalue weighted by molar-refractivity contribution is 5.24. The van der Waals surface area contributed by atoms with Gasteiger partial charge in [0, 0.05) is 23.7 Å². The molecule has 0 radical (unpaired) electrons. The SMILES string of the molecule is COc1cccc(C2CC2N)n1. The summed E-state index contributed by atoms with van der Waals surface area (Å²) >= 11 is 0. The van der Waals surface area contributed by atoms with Crippen molar-refractivity contribution in [1.82, 2.24) is 4.98 Å². The summed E-state index contributed by atoms with van der Waals surface area (Å²) in [7, 11) is 1.62. The lowest BCUT2D eigenvalue weighted by Gasteiger charge is -2.00. The van der Waals surface area contributed by atoms with Crippen molar-refractivity contribution in [3.05, 3.63) is 23.9 Å². The first kappa shape index (κ1) is 7.55. The first-order valence-corrected chi connectivity index (χ1v) is 4.08. The van der Waals surface area contributed by atoms with Crippen LogP contribution in [-0.2, 0) is 0 Å². The zero-order valence-electron chi connectivity index (χ0n) is 7.03. The fourth-order valence-corrected chi connectivity index (χ4v) is 1.31. The van der Waals surface area contributed by atoms with E-state index < -0.39 is 0 Å². The first-order valence-electron chi connectivity index (χ1n) is 4.08. The Hall–Kier alpha value is -1.09. The molecule has 1 aliphatic rings. The van der Waals surface area contributed by atoms with Crippen molar-refractivity contribution in [2.75, 3.05) is 7.11 Å². The largest absolute Gasteiger partial charge is 0.481 e. The molecule has 2 unspecified atom stereocenters. The van der Waals surface area contributed by atoms with E-state index in [2.05, 4.69) is 4.98 Å². The summed E-state index contributed by atoms with van der Waals surface area (Å²) in [5, 5.41) is 0. The third-order valence-electron chi connectivity index (χ3n) is 2.17. The Morgan fingerprint density at radius 1 is 1.58 bits per heavy atom. The molecular formula is C9H12N2O. The van der Waals surface area contributed by atoms with Crippen LogP contribution in [-0.4, -0.2) is 18.1 Å². The lowest BCUT2D eigenvalue weighted by atomic mass is 10.2. The van der Waals surface area contributed by atoms with Crippen molar-refractivity contribution in [3.8, 4) is 5.88 Å². The Bertz CT molecular complexity index is 288. The van der Waals surface area contributed by atoms with Crippen LogP contribution in [0.5, 0.6) is 5.88 Å². The number of pyridine rings is 1. The normalized spacial score (nSPS) is 26.8. The van der Waals surface area contributed by atoms with Gasteiger partial charge in [0.05, 0.1) is 7.11 Å². The molecule has 1 aliphatic carbocycles. The lowest BCUT2D eigenvalue weighted by Crippen LogP contribution is -2.02. The number of nitrogens with two attached hydrogens (primary N) is 1. The molecule has 2 rings (SSSR count). The van der Waals surface area contributed by atoms with Crippen LogP contribution in [0, 0.1) is 0 Å². The summed E-state index contributed by atoms with van der Waals surface area (Å²) in [5.41, 5.74) is 6.77. The predicted molar refractivity (Wildman–Crippen MR) is 46.1 cm³/mol. The van der Waals surface area contributed by atoms with E-state index >= 15 is 0 Å². The highest BCUT2D eigenvalue weighted by Gasteiger charge is 2.36. The molecule has 1 aromatic heterocycles. The number of rotatable bonds is 2. The molecule has 2 N–H and O–H groups in total. The van der Waals surface area contributed by atoms with Crippen molar-refractivity contribution in [2.45, 2.75) is 18.4 Å². The summed E-state index contributed by atoms with van der Waals surface area (Å²) < 4.78 is 5.02. The highest BCUT2D eigenvalue weighted by Crippen LogP contribution is 2.38. The van der Waals surface area contributed by atoms with Crippen LogP contribution in [0.25, 0.3) is 0 Å². The minimum Gasteiger partial charge on any atom is -0.481 e. The van der Waals surface area contributed by atoms with Crippen LogP contribution in [0.15, 0.2) is 18.2 Å². The molecule has 0 spiro atoms. The van der Waals surface area contributed by atoms with Crippen molar-refractivity contribution < 1.29 is 4.74 Å². The molecule has 12 heavy (non-hydrogen) atoms. The van der Waals surface area contributed by atoms with Crippen molar-refractivity contribution in [2.24, 2.45) is 5.73 Å². The summed E-state index contributed by atoms with van der Waals surface area (Å²) in [6.45, 7) is 0. The van der Waals surface area contributed by atoms with Crippen LogP contribution in [0.3, 0.4) is 0 Å². The van der Waals surface area contributed by atoms with E-state index in [0.717, 1.165) is 12.1 Å². The van der Waals surface area contributed by atoms with Gasteiger partial charge in [-0.25, -0.2) is 4.98 Å². The van der Waals surface area contributed by atoms with E-state index in [1.807, 2.05) is 18.2 Å². The molecular weight excluding hydrogens is 152 g/mol. The molecule has 1 heterocycles. The van der Waals surface area contributed by atoms with Gasteiger partial charge in [-0.3, -0.25) is 0 Å². The van der Waals surface area contributed by atoms with E-state index in [1.165, 1.54) is 0 Å².